The van der Waals surface area contributed by atoms with E-state index in [1.54, 1.807) is 18.9 Å². The SMILES string of the molecule is COc1ccc(-c2nnc(SCc3cc(-c4ccccc4)on3)n2C[C@@H]2CCCO2)cc1. The fourth-order valence-electron chi connectivity index (χ4n) is 3.76. The van der Waals surface area contributed by atoms with Crippen LogP contribution in [0, 0.1) is 0 Å². The van der Waals surface area contributed by atoms with Crippen molar-refractivity contribution in [3.05, 3.63) is 66.4 Å². The van der Waals surface area contributed by atoms with E-state index in [9.17, 15) is 0 Å². The minimum atomic E-state index is 0.180. The second kappa shape index (κ2) is 9.58. The lowest BCUT2D eigenvalue weighted by molar-refractivity contribution is 0.0953. The van der Waals surface area contributed by atoms with Gasteiger partial charge in [-0.15, -0.1) is 10.2 Å². The summed E-state index contributed by atoms with van der Waals surface area (Å²) in [5.74, 6) is 3.05. The monoisotopic (exact) mass is 448 g/mol. The molecule has 0 amide bonds. The molecule has 0 aliphatic carbocycles. The molecule has 1 atom stereocenters. The minimum absolute atomic E-state index is 0.180. The van der Waals surface area contributed by atoms with Gasteiger partial charge in [0.1, 0.15) is 5.75 Å². The molecule has 0 radical (unpaired) electrons. The lowest BCUT2D eigenvalue weighted by Crippen LogP contribution is -2.16. The van der Waals surface area contributed by atoms with Crippen molar-refractivity contribution in [3.8, 4) is 28.5 Å². The van der Waals surface area contributed by atoms with Crippen LogP contribution in [-0.2, 0) is 17.0 Å². The zero-order chi connectivity index (χ0) is 21.8. The van der Waals surface area contributed by atoms with Crippen LogP contribution in [0.25, 0.3) is 22.7 Å². The summed E-state index contributed by atoms with van der Waals surface area (Å²) in [6.45, 7) is 1.54. The maximum Gasteiger partial charge on any atom is 0.191 e. The summed E-state index contributed by atoms with van der Waals surface area (Å²) in [5.41, 5.74) is 2.88. The topological polar surface area (TPSA) is 75.2 Å². The first-order valence-corrected chi connectivity index (χ1v) is 11.6. The molecule has 3 heterocycles. The Hall–Kier alpha value is -3.10. The predicted molar refractivity (Wildman–Crippen MR) is 122 cm³/mol. The molecule has 0 spiro atoms. The van der Waals surface area contributed by atoms with Crippen LogP contribution in [0.5, 0.6) is 5.75 Å². The van der Waals surface area contributed by atoms with Gasteiger partial charge in [0.05, 0.1) is 25.5 Å². The number of ether oxygens (including phenoxy) is 2. The lowest BCUT2D eigenvalue weighted by atomic mass is 10.2. The highest BCUT2D eigenvalue weighted by molar-refractivity contribution is 7.98. The normalized spacial score (nSPS) is 15.8. The van der Waals surface area contributed by atoms with Crippen molar-refractivity contribution in [2.45, 2.75) is 36.4 Å². The number of thioether (sulfide) groups is 1. The summed E-state index contributed by atoms with van der Waals surface area (Å²) < 4.78 is 18.9. The van der Waals surface area contributed by atoms with Crippen LogP contribution in [-0.4, -0.2) is 39.7 Å². The number of rotatable bonds is 8. The smallest absolute Gasteiger partial charge is 0.191 e. The molecule has 164 valence electrons. The van der Waals surface area contributed by atoms with Crippen LogP contribution in [0.1, 0.15) is 18.5 Å². The van der Waals surface area contributed by atoms with Gasteiger partial charge in [0, 0.05) is 29.6 Å². The molecule has 1 saturated heterocycles. The zero-order valence-corrected chi connectivity index (χ0v) is 18.6. The van der Waals surface area contributed by atoms with Crippen molar-refractivity contribution in [2.24, 2.45) is 0 Å². The van der Waals surface area contributed by atoms with Crippen molar-refractivity contribution in [1.82, 2.24) is 19.9 Å². The standard InChI is InChI=1S/C24H24N4O3S/c1-29-20-11-9-18(10-12-20)23-25-26-24(28(23)15-21-8-5-13-30-21)32-16-19-14-22(31-27-19)17-6-3-2-4-7-17/h2-4,6-7,9-12,14,21H,5,8,13,15-16H2,1H3/t21-/m0/s1. The van der Waals surface area contributed by atoms with Gasteiger partial charge in [0.25, 0.3) is 0 Å². The Morgan fingerprint density at radius 2 is 1.91 bits per heavy atom. The molecule has 0 N–H and O–H groups in total. The summed E-state index contributed by atoms with van der Waals surface area (Å²) in [5, 5.41) is 14.1. The van der Waals surface area contributed by atoms with Crippen molar-refractivity contribution >= 4 is 11.8 Å². The van der Waals surface area contributed by atoms with Crippen LogP contribution in [0.15, 0.2) is 70.3 Å². The minimum Gasteiger partial charge on any atom is -0.497 e. The molecule has 5 rings (SSSR count). The molecule has 0 saturated carbocycles. The molecule has 0 unspecified atom stereocenters. The van der Waals surface area contributed by atoms with Gasteiger partial charge in [-0.1, -0.05) is 47.3 Å². The number of hydrogen-bond donors (Lipinski definition) is 0. The van der Waals surface area contributed by atoms with Crippen molar-refractivity contribution in [3.63, 3.8) is 0 Å². The molecule has 7 nitrogen and oxygen atoms in total. The van der Waals surface area contributed by atoms with Crippen LogP contribution in [0.4, 0.5) is 0 Å². The quantitative estimate of drug-likeness (QED) is 0.348. The third-order valence-corrected chi connectivity index (χ3v) is 6.44. The Balaban J connectivity index is 1.37. The number of benzene rings is 2. The van der Waals surface area contributed by atoms with Gasteiger partial charge < -0.3 is 14.0 Å². The number of hydrogen-bond acceptors (Lipinski definition) is 7. The molecule has 1 aliphatic rings. The highest BCUT2D eigenvalue weighted by atomic mass is 32.2. The van der Waals surface area contributed by atoms with Gasteiger partial charge in [0.15, 0.2) is 16.7 Å². The number of aromatic nitrogens is 4. The predicted octanol–water partition coefficient (Wildman–Crippen LogP) is 5.08. The Morgan fingerprint density at radius 1 is 1.06 bits per heavy atom. The van der Waals surface area contributed by atoms with E-state index in [2.05, 4.69) is 19.9 Å². The first-order valence-electron chi connectivity index (χ1n) is 10.6. The van der Waals surface area contributed by atoms with Crippen LogP contribution in [0.2, 0.25) is 0 Å². The van der Waals surface area contributed by atoms with E-state index in [1.807, 2.05) is 60.7 Å². The summed E-state index contributed by atoms with van der Waals surface area (Å²) in [6.07, 6.45) is 2.32. The van der Waals surface area contributed by atoms with Crippen molar-refractivity contribution in [1.29, 1.82) is 0 Å². The summed E-state index contributed by atoms with van der Waals surface area (Å²) >= 11 is 1.60. The molecule has 4 aromatic rings. The fraction of sp³-hybridized carbons (Fsp3) is 0.292. The molecule has 2 aromatic carbocycles. The number of nitrogens with zero attached hydrogens (tertiary/aromatic N) is 4. The number of methoxy groups -OCH3 is 1. The average Bonchev–Trinajstić information content (AvgIpc) is 3.61. The van der Waals surface area contributed by atoms with E-state index in [4.69, 9.17) is 14.0 Å². The second-order valence-corrected chi connectivity index (χ2v) is 8.56. The Labute approximate surface area is 190 Å². The molecular weight excluding hydrogens is 424 g/mol. The third kappa shape index (κ3) is 4.56. The molecule has 32 heavy (non-hydrogen) atoms. The van der Waals surface area contributed by atoms with Gasteiger partial charge in [-0.2, -0.15) is 0 Å². The van der Waals surface area contributed by atoms with E-state index in [1.165, 1.54) is 0 Å². The van der Waals surface area contributed by atoms with E-state index in [-0.39, 0.29) is 6.10 Å². The van der Waals surface area contributed by atoms with Gasteiger partial charge in [0.2, 0.25) is 0 Å². The zero-order valence-electron chi connectivity index (χ0n) is 17.8. The van der Waals surface area contributed by atoms with Gasteiger partial charge >= 0.3 is 0 Å². The first kappa shape index (κ1) is 20.8. The van der Waals surface area contributed by atoms with Crippen LogP contribution in [0.3, 0.4) is 0 Å². The van der Waals surface area contributed by atoms with Crippen molar-refractivity contribution in [2.75, 3.05) is 13.7 Å². The van der Waals surface area contributed by atoms with Crippen LogP contribution >= 0.6 is 11.8 Å². The van der Waals surface area contributed by atoms with E-state index in [0.717, 1.165) is 65.3 Å². The fourth-order valence-corrected chi connectivity index (χ4v) is 4.59. The van der Waals surface area contributed by atoms with E-state index < -0.39 is 0 Å². The highest BCUT2D eigenvalue weighted by Crippen LogP contribution is 2.30. The van der Waals surface area contributed by atoms with Gasteiger partial charge in [-0.05, 0) is 37.1 Å². The summed E-state index contributed by atoms with van der Waals surface area (Å²) in [6, 6.07) is 19.8. The Morgan fingerprint density at radius 3 is 2.66 bits per heavy atom. The highest BCUT2D eigenvalue weighted by Gasteiger charge is 2.22. The molecule has 2 aromatic heterocycles. The molecule has 8 heteroatoms. The summed E-state index contributed by atoms with van der Waals surface area (Å²) in [7, 11) is 1.66. The van der Waals surface area contributed by atoms with Crippen LogP contribution < -0.4 is 4.74 Å². The maximum absolute atomic E-state index is 5.89. The molecule has 0 bridgehead atoms. The largest absolute Gasteiger partial charge is 0.497 e. The average molecular weight is 449 g/mol. The van der Waals surface area contributed by atoms with E-state index in [0.29, 0.717) is 5.75 Å². The molecule has 1 aliphatic heterocycles. The molecule has 1 fully saturated rings. The summed E-state index contributed by atoms with van der Waals surface area (Å²) in [4.78, 5) is 0. The first-order chi connectivity index (χ1) is 15.8. The Bertz CT molecular complexity index is 1150. The molecular formula is C24H24N4O3S. The van der Waals surface area contributed by atoms with E-state index >= 15 is 0 Å². The lowest BCUT2D eigenvalue weighted by Gasteiger charge is -2.14. The maximum atomic E-state index is 5.89. The Kier molecular flexibility index (Phi) is 6.22. The third-order valence-electron chi connectivity index (χ3n) is 5.44. The van der Waals surface area contributed by atoms with Crippen molar-refractivity contribution < 1.29 is 14.0 Å². The second-order valence-electron chi connectivity index (χ2n) is 7.62. The van der Waals surface area contributed by atoms with Gasteiger partial charge in [-0.25, -0.2) is 0 Å². The van der Waals surface area contributed by atoms with Gasteiger partial charge in [-0.3, -0.25) is 4.57 Å².